The summed E-state index contributed by atoms with van der Waals surface area (Å²) in [5.74, 6) is -0.978. The fourth-order valence-corrected chi connectivity index (χ4v) is 3.01. The number of Topliss-reactive ketones (excluding diaryl/α,β-unsaturated/α-hetero) is 1. The molecule has 1 atom stereocenters. The molecule has 1 aromatic carbocycles. The first-order chi connectivity index (χ1) is 11.5. The SMILES string of the molecule is CCOC(=O)CC1(C(=O)OCC)CCc2cc(OC)ccc2C1=O. The van der Waals surface area contributed by atoms with Crippen LogP contribution in [0.3, 0.4) is 0 Å². The second kappa shape index (κ2) is 7.47. The molecule has 1 aromatic rings. The highest BCUT2D eigenvalue weighted by Gasteiger charge is 2.51. The van der Waals surface area contributed by atoms with Crippen molar-refractivity contribution in [2.45, 2.75) is 33.1 Å². The number of fused-ring (bicyclic) bond motifs is 1. The Morgan fingerprint density at radius 1 is 1.17 bits per heavy atom. The number of ketones is 1. The monoisotopic (exact) mass is 334 g/mol. The first kappa shape index (κ1) is 18.0. The van der Waals surface area contributed by atoms with E-state index in [2.05, 4.69) is 0 Å². The lowest BCUT2D eigenvalue weighted by Crippen LogP contribution is -2.46. The zero-order chi connectivity index (χ0) is 17.7. The van der Waals surface area contributed by atoms with Crippen molar-refractivity contribution in [2.24, 2.45) is 5.41 Å². The summed E-state index contributed by atoms with van der Waals surface area (Å²) in [6, 6.07) is 5.09. The molecule has 0 N–H and O–H groups in total. The van der Waals surface area contributed by atoms with Crippen LogP contribution in [0.5, 0.6) is 5.75 Å². The molecule has 1 aliphatic carbocycles. The van der Waals surface area contributed by atoms with Crippen molar-refractivity contribution in [3.8, 4) is 5.75 Å². The highest BCUT2D eigenvalue weighted by molar-refractivity contribution is 6.15. The summed E-state index contributed by atoms with van der Waals surface area (Å²) < 4.78 is 15.2. The number of esters is 2. The number of aryl methyl sites for hydroxylation is 1. The van der Waals surface area contributed by atoms with Crippen molar-refractivity contribution in [1.29, 1.82) is 0 Å². The topological polar surface area (TPSA) is 78.9 Å². The molecule has 0 aromatic heterocycles. The number of ether oxygens (including phenoxy) is 3. The molecule has 0 bridgehead atoms. The van der Waals surface area contributed by atoms with Crippen LogP contribution in [0.4, 0.5) is 0 Å². The van der Waals surface area contributed by atoms with Crippen molar-refractivity contribution in [2.75, 3.05) is 20.3 Å². The van der Waals surface area contributed by atoms with Gasteiger partial charge in [-0.2, -0.15) is 0 Å². The Morgan fingerprint density at radius 3 is 2.50 bits per heavy atom. The molecule has 24 heavy (non-hydrogen) atoms. The number of benzene rings is 1. The summed E-state index contributed by atoms with van der Waals surface area (Å²) in [4.78, 5) is 37.6. The maximum Gasteiger partial charge on any atom is 0.320 e. The summed E-state index contributed by atoms with van der Waals surface area (Å²) in [5.41, 5.74) is -0.272. The van der Waals surface area contributed by atoms with Gasteiger partial charge in [0.05, 0.1) is 26.7 Å². The van der Waals surface area contributed by atoms with E-state index < -0.39 is 23.1 Å². The van der Waals surface area contributed by atoms with Gasteiger partial charge in [-0.1, -0.05) is 0 Å². The van der Waals surface area contributed by atoms with E-state index in [1.54, 1.807) is 39.2 Å². The van der Waals surface area contributed by atoms with Crippen LogP contribution >= 0.6 is 0 Å². The van der Waals surface area contributed by atoms with Crippen molar-refractivity contribution in [1.82, 2.24) is 0 Å². The van der Waals surface area contributed by atoms with Crippen molar-refractivity contribution < 1.29 is 28.6 Å². The van der Waals surface area contributed by atoms with Crippen LogP contribution in [0.1, 0.15) is 42.6 Å². The minimum absolute atomic E-state index is 0.145. The van der Waals surface area contributed by atoms with Gasteiger partial charge in [0, 0.05) is 5.56 Å². The molecule has 0 amide bonds. The zero-order valence-corrected chi connectivity index (χ0v) is 14.2. The molecule has 130 valence electrons. The number of hydrogen-bond donors (Lipinski definition) is 0. The Hall–Kier alpha value is -2.37. The highest BCUT2D eigenvalue weighted by atomic mass is 16.5. The van der Waals surface area contributed by atoms with E-state index in [4.69, 9.17) is 14.2 Å². The molecule has 0 spiro atoms. The smallest absolute Gasteiger partial charge is 0.320 e. The van der Waals surface area contributed by atoms with Gasteiger partial charge in [0.25, 0.3) is 0 Å². The van der Waals surface area contributed by atoms with Crippen LogP contribution < -0.4 is 4.74 Å². The molecule has 1 unspecified atom stereocenters. The Labute approximate surface area is 141 Å². The van der Waals surface area contributed by atoms with Gasteiger partial charge < -0.3 is 14.2 Å². The molecule has 0 saturated heterocycles. The normalized spacial score (nSPS) is 19.4. The van der Waals surface area contributed by atoms with Crippen LogP contribution in [0.15, 0.2) is 18.2 Å². The lowest BCUT2D eigenvalue weighted by Gasteiger charge is -2.33. The predicted octanol–water partition coefficient (Wildman–Crippen LogP) is 2.33. The lowest BCUT2D eigenvalue weighted by atomic mass is 9.68. The third kappa shape index (κ3) is 3.27. The number of hydrogen-bond acceptors (Lipinski definition) is 6. The molecule has 0 radical (unpaired) electrons. The maximum atomic E-state index is 13.0. The van der Waals surface area contributed by atoms with E-state index in [0.29, 0.717) is 17.7 Å². The Balaban J connectivity index is 2.42. The summed E-state index contributed by atoms with van der Waals surface area (Å²) in [7, 11) is 1.55. The van der Waals surface area contributed by atoms with E-state index in [1.165, 1.54) is 0 Å². The molecule has 0 fully saturated rings. The standard InChI is InChI=1S/C18H22O6/c1-4-23-15(19)11-18(17(21)24-5-2)9-8-12-10-13(22-3)6-7-14(12)16(18)20/h6-7,10H,4-5,8-9,11H2,1-3H3. The van der Waals surface area contributed by atoms with Gasteiger partial charge in [0.2, 0.25) is 0 Å². The molecule has 6 nitrogen and oxygen atoms in total. The number of methoxy groups -OCH3 is 1. The highest BCUT2D eigenvalue weighted by Crippen LogP contribution is 2.40. The van der Waals surface area contributed by atoms with E-state index in [9.17, 15) is 14.4 Å². The van der Waals surface area contributed by atoms with Crippen LogP contribution in [0.25, 0.3) is 0 Å². The van der Waals surface area contributed by atoms with Crippen LogP contribution in [0, 0.1) is 5.41 Å². The minimum atomic E-state index is -1.51. The summed E-state index contributed by atoms with van der Waals surface area (Å²) in [5, 5.41) is 0. The molecule has 0 heterocycles. The van der Waals surface area contributed by atoms with Crippen LogP contribution in [-0.2, 0) is 25.5 Å². The van der Waals surface area contributed by atoms with E-state index in [0.717, 1.165) is 5.56 Å². The first-order valence-corrected chi connectivity index (χ1v) is 8.03. The number of carbonyl (C=O) groups is 3. The Morgan fingerprint density at radius 2 is 1.88 bits per heavy atom. The summed E-state index contributed by atoms with van der Waals surface area (Å²) in [6.07, 6.45) is 0.393. The van der Waals surface area contributed by atoms with E-state index in [-0.39, 0.29) is 26.1 Å². The molecular formula is C18H22O6. The van der Waals surface area contributed by atoms with Gasteiger partial charge in [0.1, 0.15) is 11.2 Å². The predicted molar refractivity (Wildman–Crippen MR) is 86.0 cm³/mol. The fraction of sp³-hybridized carbons (Fsp3) is 0.500. The molecule has 6 heteroatoms. The lowest BCUT2D eigenvalue weighted by molar-refractivity contribution is -0.159. The average molecular weight is 334 g/mol. The van der Waals surface area contributed by atoms with E-state index in [1.807, 2.05) is 0 Å². The van der Waals surface area contributed by atoms with Gasteiger partial charge in [-0.05, 0) is 50.5 Å². The van der Waals surface area contributed by atoms with Crippen molar-refractivity contribution in [3.63, 3.8) is 0 Å². The molecule has 1 aliphatic rings. The number of rotatable bonds is 6. The third-order valence-corrected chi connectivity index (χ3v) is 4.23. The van der Waals surface area contributed by atoms with Gasteiger partial charge in [0.15, 0.2) is 5.78 Å². The number of carbonyl (C=O) groups excluding carboxylic acids is 3. The molecule has 0 saturated carbocycles. The summed E-state index contributed by atoms with van der Waals surface area (Å²) >= 11 is 0. The van der Waals surface area contributed by atoms with Gasteiger partial charge in [-0.25, -0.2) is 0 Å². The summed E-state index contributed by atoms with van der Waals surface area (Å²) in [6.45, 7) is 3.69. The third-order valence-electron chi connectivity index (χ3n) is 4.23. The first-order valence-electron chi connectivity index (χ1n) is 8.03. The van der Waals surface area contributed by atoms with Crippen LogP contribution in [0.2, 0.25) is 0 Å². The molecule has 0 aliphatic heterocycles. The second-order valence-electron chi connectivity index (χ2n) is 5.64. The second-order valence-corrected chi connectivity index (χ2v) is 5.64. The molecule has 2 rings (SSSR count). The van der Waals surface area contributed by atoms with Crippen molar-refractivity contribution in [3.05, 3.63) is 29.3 Å². The maximum absolute atomic E-state index is 13.0. The zero-order valence-electron chi connectivity index (χ0n) is 14.2. The van der Waals surface area contributed by atoms with Gasteiger partial charge in [-0.3, -0.25) is 14.4 Å². The van der Waals surface area contributed by atoms with Gasteiger partial charge in [-0.15, -0.1) is 0 Å². The molecular weight excluding hydrogens is 312 g/mol. The fourth-order valence-electron chi connectivity index (χ4n) is 3.01. The Kier molecular flexibility index (Phi) is 5.59. The quantitative estimate of drug-likeness (QED) is 0.587. The van der Waals surface area contributed by atoms with Gasteiger partial charge >= 0.3 is 11.9 Å². The Bertz CT molecular complexity index is 651. The van der Waals surface area contributed by atoms with Crippen LogP contribution in [-0.4, -0.2) is 38.0 Å². The largest absolute Gasteiger partial charge is 0.497 e. The minimum Gasteiger partial charge on any atom is -0.497 e. The average Bonchev–Trinajstić information content (AvgIpc) is 2.57. The van der Waals surface area contributed by atoms with E-state index >= 15 is 0 Å². The van der Waals surface area contributed by atoms with Crippen molar-refractivity contribution >= 4 is 17.7 Å².